The third-order valence-corrected chi connectivity index (χ3v) is 6.13. The van der Waals surface area contributed by atoms with Crippen LogP contribution in [0.25, 0.3) is 0 Å². The van der Waals surface area contributed by atoms with Crippen molar-refractivity contribution >= 4 is 35.1 Å². The predicted molar refractivity (Wildman–Crippen MR) is 111 cm³/mol. The monoisotopic (exact) mass is 421 g/mol. The number of anilines is 1. The molecule has 1 aromatic carbocycles. The lowest BCUT2D eigenvalue weighted by Gasteiger charge is -2.47. The Labute approximate surface area is 176 Å². The smallest absolute Gasteiger partial charge is 0.327 e. The average molecular weight is 422 g/mol. The molecule has 1 saturated heterocycles. The van der Waals surface area contributed by atoms with E-state index in [9.17, 15) is 14.4 Å². The van der Waals surface area contributed by atoms with Crippen LogP contribution >= 0.6 is 11.6 Å². The number of ether oxygens (including phenoxy) is 1. The molecule has 0 bridgehead atoms. The highest BCUT2D eigenvalue weighted by Gasteiger charge is 2.48. The maximum atomic E-state index is 13.1. The zero-order valence-electron chi connectivity index (χ0n) is 17.3. The number of hydrogen-bond donors (Lipinski definition) is 1. The van der Waals surface area contributed by atoms with Crippen molar-refractivity contribution in [3.63, 3.8) is 0 Å². The molecule has 3 rings (SSSR count). The molecule has 0 radical (unpaired) electrons. The van der Waals surface area contributed by atoms with Crippen molar-refractivity contribution in [3.05, 3.63) is 22.7 Å². The minimum Gasteiger partial charge on any atom is -0.495 e. The second-order valence-corrected chi connectivity index (χ2v) is 8.43. The Morgan fingerprint density at radius 3 is 2.62 bits per heavy atom. The van der Waals surface area contributed by atoms with Gasteiger partial charge in [0.15, 0.2) is 0 Å². The number of carbonyl (C=O) groups excluding carboxylic acids is 3. The van der Waals surface area contributed by atoms with E-state index >= 15 is 0 Å². The van der Waals surface area contributed by atoms with Gasteiger partial charge in [-0.15, -0.1) is 0 Å². The molecule has 1 aliphatic carbocycles. The number of methoxy groups -OCH3 is 1. The van der Waals surface area contributed by atoms with Gasteiger partial charge in [-0.05, 0) is 45.2 Å². The second kappa shape index (κ2) is 8.61. The summed E-state index contributed by atoms with van der Waals surface area (Å²) in [4.78, 5) is 41.6. The van der Waals surface area contributed by atoms with E-state index in [0.717, 1.165) is 31.2 Å². The third-order valence-electron chi connectivity index (χ3n) is 5.72. The van der Waals surface area contributed by atoms with Crippen LogP contribution in [0.5, 0.6) is 5.75 Å². The molecule has 2 aliphatic rings. The average Bonchev–Trinajstić information content (AvgIpc) is 2.67. The summed E-state index contributed by atoms with van der Waals surface area (Å²) in [5.41, 5.74) is 1.31. The summed E-state index contributed by atoms with van der Waals surface area (Å²) >= 11 is 6.13. The number of halogens is 1. The number of nitrogens with one attached hydrogen (secondary N) is 1. The molecule has 7 nitrogen and oxygen atoms in total. The number of amides is 4. The zero-order chi connectivity index (χ0) is 21.3. The highest BCUT2D eigenvalue weighted by Crippen LogP contribution is 2.35. The second-order valence-electron chi connectivity index (χ2n) is 8.02. The first-order valence-electron chi connectivity index (χ1n) is 10.0. The molecule has 2 atom stereocenters. The van der Waals surface area contributed by atoms with Crippen LogP contribution in [0.4, 0.5) is 10.5 Å². The highest BCUT2D eigenvalue weighted by atomic mass is 35.5. The fourth-order valence-corrected chi connectivity index (χ4v) is 4.41. The van der Waals surface area contributed by atoms with Crippen LogP contribution in [0.2, 0.25) is 5.02 Å². The van der Waals surface area contributed by atoms with Crippen LogP contribution in [-0.2, 0) is 9.59 Å². The Hall–Kier alpha value is -2.28. The number of benzene rings is 1. The number of hydrogen-bond acceptors (Lipinski definition) is 4. The van der Waals surface area contributed by atoms with E-state index in [1.54, 1.807) is 17.0 Å². The first-order chi connectivity index (χ1) is 13.7. The zero-order valence-corrected chi connectivity index (χ0v) is 18.1. The lowest BCUT2D eigenvalue weighted by Crippen LogP contribution is -2.65. The summed E-state index contributed by atoms with van der Waals surface area (Å²) in [6.45, 7) is 5.36. The molecule has 1 aromatic rings. The molecular weight excluding hydrogens is 394 g/mol. The van der Waals surface area contributed by atoms with Gasteiger partial charge < -0.3 is 15.0 Å². The lowest BCUT2D eigenvalue weighted by molar-refractivity contribution is -0.143. The van der Waals surface area contributed by atoms with Crippen LogP contribution < -0.4 is 10.1 Å². The summed E-state index contributed by atoms with van der Waals surface area (Å²) in [7, 11) is 1.50. The summed E-state index contributed by atoms with van der Waals surface area (Å²) in [6.07, 6.45) is 3.41. The van der Waals surface area contributed by atoms with Crippen molar-refractivity contribution in [1.82, 2.24) is 9.80 Å². The Balaban J connectivity index is 1.82. The normalized spacial score (nSPS) is 22.0. The van der Waals surface area contributed by atoms with Gasteiger partial charge in [-0.25, -0.2) is 4.79 Å². The molecule has 0 spiro atoms. The van der Waals surface area contributed by atoms with E-state index in [2.05, 4.69) is 5.32 Å². The number of aryl methyl sites for hydroxylation is 1. The number of rotatable bonds is 5. The minimum atomic E-state index is -0.387. The predicted octanol–water partition coefficient (Wildman–Crippen LogP) is 3.83. The Morgan fingerprint density at radius 1 is 1.28 bits per heavy atom. The molecule has 8 heteroatoms. The Bertz CT molecular complexity index is 826. The number of nitrogens with zero attached hydrogens (tertiary/aromatic N) is 2. The summed E-state index contributed by atoms with van der Waals surface area (Å²) in [5.74, 6) is -0.223. The van der Waals surface area contributed by atoms with Gasteiger partial charge in [0, 0.05) is 23.2 Å². The van der Waals surface area contributed by atoms with Crippen molar-refractivity contribution < 1.29 is 19.1 Å². The molecule has 2 fully saturated rings. The van der Waals surface area contributed by atoms with Gasteiger partial charge in [-0.3, -0.25) is 14.5 Å². The van der Waals surface area contributed by atoms with E-state index in [0.29, 0.717) is 16.5 Å². The minimum absolute atomic E-state index is 0.110. The van der Waals surface area contributed by atoms with E-state index in [1.165, 1.54) is 12.0 Å². The fourth-order valence-electron chi connectivity index (χ4n) is 4.26. The van der Waals surface area contributed by atoms with Crippen LogP contribution in [-0.4, -0.2) is 53.4 Å². The van der Waals surface area contributed by atoms with Gasteiger partial charge in [0.1, 0.15) is 12.3 Å². The van der Waals surface area contributed by atoms with Gasteiger partial charge in [-0.1, -0.05) is 24.4 Å². The molecule has 158 valence electrons. The first kappa shape index (κ1) is 21.4. The maximum absolute atomic E-state index is 13.1. The van der Waals surface area contributed by atoms with Crippen molar-refractivity contribution in [2.24, 2.45) is 5.92 Å². The number of imide groups is 1. The quantitative estimate of drug-likeness (QED) is 0.783. The molecule has 29 heavy (non-hydrogen) atoms. The molecule has 2 unspecified atom stereocenters. The maximum Gasteiger partial charge on any atom is 0.327 e. The van der Waals surface area contributed by atoms with Crippen LogP contribution in [0.15, 0.2) is 12.1 Å². The van der Waals surface area contributed by atoms with Crippen molar-refractivity contribution in [1.29, 1.82) is 0 Å². The summed E-state index contributed by atoms with van der Waals surface area (Å²) in [5, 5.41) is 3.37. The topological polar surface area (TPSA) is 79.0 Å². The molecule has 0 aromatic heterocycles. The molecule has 1 aliphatic heterocycles. The fraction of sp³-hybridized carbons (Fsp3) is 0.571. The van der Waals surface area contributed by atoms with Crippen LogP contribution in [0, 0.1) is 12.8 Å². The third kappa shape index (κ3) is 4.20. The van der Waals surface area contributed by atoms with Crippen LogP contribution in [0.3, 0.4) is 0 Å². The Kier molecular flexibility index (Phi) is 6.36. The largest absolute Gasteiger partial charge is 0.495 e. The molecule has 4 amide bonds. The Morgan fingerprint density at radius 2 is 1.97 bits per heavy atom. The standard InChI is InChI=1S/C21H28ClN3O4/c1-12(2)25-20(27)14-7-5-6-8-17(14)24(21(25)28)11-19(26)23-16-9-13(3)15(22)10-18(16)29-4/h9-10,12,14,17H,5-8,11H2,1-4H3,(H,23,26). The van der Waals surface area contributed by atoms with Gasteiger partial charge in [0.05, 0.1) is 18.7 Å². The van der Waals surface area contributed by atoms with Gasteiger partial charge in [0.2, 0.25) is 11.8 Å². The number of carbonyl (C=O) groups is 3. The van der Waals surface area contributed by atoms with E-state index in [4.69, 9.17) is 16.3 Å². The summed E-state index contributed by atoms with van der Waals surface area (Å²) < 4.78 is 5.31. The van der Waals surface area contributed by atoms with E-state index in [1.807, 2.05) is 20.8 Å². The molecule has 1 N–H and O–H groups in total. The van der Waals surface area contributed by atoms with Crippen molar-refractivity contribution in [2.45, 2.75) is 58.5 Å². The van der Waals surface area contributed by atoms with Crippen molar-refractivity contribution in [2.75, 3.05) is 19.0 Å². The van der Waals surface area contributed by atoms with Crippen molar-refractivity contribution in [3.8, 4) is 5.75 Å². The van der Waals surface area contributed by atoms with E-state index < -0.39 is 0 Å². The van der Waals surface area contributed by atoms with Crippen LogP contribution in [0.1, 0.15) is 45.1 Å². The molecule has 1 heterocycles. The molecule has 1 saturated carbocycles. The molecular formula is C21H28ClN3O4. The SMILES string of the molecule is COc1cc(Cl)c(C)cc1NC(=O)CN1C(=O)N(C(C)C)C(=O)C2CCCCC21. The number of urea groups is 1. The lowest BCUT2D eigenvalue weighted by atomic mass is 9.81. The van der Waals surface area contributed by atoms with Gasteiger partial charge >= 0.3 is 6.03 Å². The summed E-state index contributed by atoms with van der Waals surface area (Å²) in [6, 6.07) is 2.53. The number of fused-ring (bicyclic) bond motifs is 1. The highest BCUT2D eigenvalue weighted by molar-refractivity contribution is 6.31. The van der Waals surface area contributed by atoms with E-state index in [-0.39, 0.29) is 42.4 Å². The van der Waals surface area contributed by atoms with Gasteiger partial charge in [-0.2, -0.15) is 0 Å². The van der Waals surface area contributed by atoms with Gasteiger partial charge in [0.25, 0.3) is 0 Å². The first-order valence-corrected chi connectivity index (χ1v) is 10.4.